The number of hydrogen-bond donors (Lipinski definition) is 0. The lowest BCUT2D eigenvalue weighted by atomic mass is 9.83. The molecule has 1 aliphatic carbocycles. The second kappa shape index (κ2) is 4.47. The fourth-order valence-electron chi connectivity index (χ4n) is 2.08. The van der Waals surface area contributed by atoms with Gasteiger partial charge in [-0.05, 0) is 12.0 Å². The van der Waals surface area contributed by atoms with E-state index in [0.29, 0.717) is 13.0 Å². The Kier molecular flexibility index (Phi) is 3.04. The molecule has 1 aromatic carbocycles. The molecule has 0 bridgehead atoms. The Balaban J connectivity index is 2.09. The summed E-state index contributed by atoms with van der Waals surface area (Å²) in [5, 5.41) is 0. The van der Waals surface area contributed by atoms with Crippen molar-refractivity contribution in [3.8, 4) is 0 Å². The monoisotopic (exact) mass is 218 g/mol. The fourth-order valence-corrected chi connectivity index (χ4v) is 2.08. The van der Waals surface area contributed by atoms with Crippen LogP contribution in [0.15, 0.2) is 24.3 Å². The third-order valence-electron chi connectivity index (χ3n) is 2.82. The maximum absolute atomic E-state index is 11.8. The normalized spacial score (nSPS) is 19.1. The molecule has 1 atom stereocenters. The number of ether oxygens (including phenoxy) is 1. The summed E-state index contributed by atoms with van der Waals surface area (Å²) in [6.45, 7) is 1.73. The van der Waals surface area contributed by atoms with Crippen molar-refractivity contribution in [2.45, 2.75) is 19.8 Å². The van der Waals surface area contributed by atoms with Gasteiger partial charge in [0.1, 0.15) is 0 Å². The molecule has 1 aromatic rings. The van der Waals surface area contributed by atoms with Gasteiger partial charge >= 0.3 is 5.97 Å². The number of carbonyl (C=O) groups is 2. The molecule has 3 nitrogen and oxygen atoms in total. The van der Waals surface area contributed by atoms with Crippen molar-refractivity contribution in [1.82, 2.24) is 0 Å². The first-order valence-corrected chi connectivity index (χ1v) is 5.41. The molecule has 0 heterocycles. The van der Waals surface area contributed by atoms with Gasteiger partial charge in [0, 0.05) is 24.8 Å². The summed E-state index contributed by atoms with van der Waals surface area (Å²) in [5.74, 6) is -0.00314. The van der Waals surface area contributed by atoms with Gasteiger partial charge in [0.15, 0.2) is 5.78 Å². The van der Waals surface area contributed by atoms with Crippen LogP contribution in [0.5, 0.6) is 0 Å². The summed E-state index contributed by atoms with van der Waals surface area (Å²) in [6, 6.07) is 7.64. The molecular weight excluding hydrogens is 204 g/mol. The number of ketones is 1. The van der Waals surface area contributed by atoms with Crippen LogP contribution in [0.4, 0.5) is 0 Å². The SMILES string of the molecule is CC(=O)OCC1CC(=O)c2ccccc2C1. The van der Waals surface area contributed by atoms with E-state index in [-0.39, 0.29) is 17.7 Å². The second-order valence-corrected chi connectivity index (χ2v) is 4.16. The Bertz CT molecular complexity index is 423. The van der Waals surface area contributed by atoms with E-state index >= 15 is 0 Å². The van der Waals surface area contributed by atoms with Crippen LogP contribution in [0, 0.1) is 5.92 Å². The number of fused-ring (bicyclic) bond motifs is 1. The lowest BCUT2D eigenvalue weighted by Gasteiger charge is -2.22. The molecule has 1 unspecified atom stereocenters. The van der Waals surface area contributed by atoms with Crippen LogP contribution in [0.3, 0.4) is 0 Å². The van der Waals surface area contributed by atoms with E-state index in [1.165, 1.54) is 6.92 Å². The Morgan fingerprint density at radius 2 is 2.12 bits per heavy atom. The molecule has 0 radical (unpaired) electrons. The molecular formula is C13H14O3. The molecule has 0 saturated heterocycles. The zero-order valence-electron chi connectivity index (χ0n) is 9.23. The molecule has 0 amide bonds. The largest absolute Gasteiger partial charge is 0.466 e. The highest BCUT2D eigenvalue weighted by Crippen LogP contribution is 2.25. The van der Waals surface area contributed by atoms with Crippen LogP contribution < -0.4 is 0 Å². The fraction of sp³-hybridized carbons (Fsp3) is 0.385. The van der Waals surface area contributed by atoms with Crippen molar-refractivity contribution in [3.63, 3.8) is 0 Å². The van der Waals surface area contributed by atoms with Gasteiger partial charge in [0.05, 0.1) is 6.61 Å². The summed E-state index contributed by atoms with van der Waals surface area (Å²) in [7, 11) is 0. The number of esters is 1. The molecule has 16 heavy (non-hydrogen) atoms. The van der Waals surface area contributed by atoms with E-state index in [1.807, 2.05) is 24.3 Å². The highest BCUT2D eigenvalue weighted by Gasteiger charge is 2.25. The number of benzene rings is 1. The lowest BCUT2D eigenvalue weighted by molar-refractivity contribution is -0.142. The molecule has 84 valence electrons. The molecule has 0 saturated carbocycles. The first-order chi connectivity index (χ1) is 7.66. The minimum atomic E-state index is -0.286. The third-order valence-corrected chi connectivity index (χ3v) is 2.82. The van der Waals surface area contributed by atoms with Gasteiger partial charge < -0.3 is 4.74 Å². The molecule has 3 heteroatoms. The van der Waals surface area contributed by atoms with Gasteiger partial charge in [-0.15, -0.1) is 0 Å². The van der Waals surface area contributed by atoms with Gasteiger partial charge in [0.2, 0.25) is 0 Å². The van der Waals surface area contributed by atoms with E-state index in [1.54, 1.807) is 0 Å². The molecule has 2 rings (SSSR count). The number of carbonyl (C=O) groups excluding carboxylic acids is 2. The van der Waals surface area contributed by atoms with Crippen LogP contribution in [-0.4, -0.2) is 18.4 Å². The standard InChI is InChI=1S/C13H14O3/c1-9(14)16-8-10-6-11-4-2-3-5-12(11)13(15)7-10/h2-5,10H,6-8H2,1H3. The van der Waals surface area contributed by atoms with Crippen LogP contribution in [-0.2, 0) is 16.0 Å². The minimum Gasteiger partial charge on any atom is -0.466 e. The minimum absolute atomic E-state index is 0.131. The van der Waals surface area contributed by atoms with Gasteiger partial charge in [0.25, 0.3) is 0 Å². The highest BCUT2D eigenvalue weighted by molar-refractivity contribution is 5.98. The average Bonchev–Trinajstić information content (AvgIpc) is 2.26. The molecule has 0 N–H and O–H groups in total. The molecule has 0 fully saturated rings. The second-order valence-electron chi connectivity index (χ2n) is 4.16. The van der Waals surface area contributed by atoms with Crippen molar-refractivity contribution >= 4 is 11.8 Å². The summed E-state index contributed by atoms with van der Waals surface area (Å²) >= 11 is 0. The number of Topliss-reactive ketones (excluding diaryl/α,β-unsaturated/α-hetero) is 1. The van der Waals surface area contributed by atoms with Crippen LogP contribution >= 0.6 is 0 Å². The Morgan fingerprint density at radius 3 is 2.88 bits per heavy atom. The molecule has 0 spiro atoms. The van der Waals surface area contributed by atoms with Crippen molar-refractivity contribution in [2.24, 2.45) is 5.92 Å². The highest BCUT2D eigenvalue weighted by atomic mass is 16.5. The summed E-state index contributed by atoms with van der Waals surface area (Å²) < 4.78 is 4.95. The van der Waals surface area contributed by atoms with Crippen LogP contribution in [0.1, 0.15) is 29.3 Å². The zero-order valence-corrected chi connectivity index (χ0v) is 9.23. The maximum atomic E-state index is 11.8. The summed E-state index contributed by atoms with van der Waals surface area (Å²) in [5.41, 5.74) is 1.89. The molecule has 0 aliphatic heterocycles. The van der Waals surface area contributed by atoms with E-state index < -0.39 is 0 Å². The zero-order chi connectivity index (χ0) is 11.5. The molecule has 0 aromatic heterocycles. The Hall–Kier alpha value is -1.64. The number of rotatable bonds is 2. The van der Waals surface area contributed by atoms with Gasteiger partial charge in [-0.1, -0.05) is 24.3 Å². The summed E-state index contributed by atoms with van der Waals surface area (Å²) in [6.07, 6.45) is 1.29. The van der Waals surface area contributed by atoms with E-state index in [0.717, 1.165) is 17.5 Å². The summed E-state index contributed by atoms with van der Waals surface area (Å²) in [4.78, 5) is 22.5. The predicted molar refractivity (Wildman–Crippen MR) is 59.2 cm³/mol. The Morgan fingerprint density at radius 1 is 1.38 bits per heavy atom. The number of hydrogen-bond acceptors (Lipinski definition) is 3. The maximum Gasteiger partial charge on any atom is 0.302 e. The van der Waals surface area contributed by atoms with E-state index in [2.05, 4.69) is 0 Å². The van der Waals surface area contributed by atoms with Crippen molar-refractivity contribution in [1.29, 1.82) is 0 Å². The van der Waals surface area contributed by atoms with Crippen LogP contribution in [0.25, 0.3) is 0 Å². The predicted octanol–water partition coefficient (Wildman–Crippen LogP) is 1.99. The van der Waals surface area contributed by atoms with Crippen molar-refractivity contribution in [3.05, 3.63) is 35.4 Å². The topological polar surface area (TPSA) is 43.4 Å². The van der Waals surface area contributed by atoms with Gasteiger partial charge in [-0.3, -0.25) is 9.59 Å². The first kappa shape index (κ1) is 10.9. The van der Waals surface area contributed by atoms with Crippen LogP contribution in [0.2, 0.25) is 0 Å². The quantitative estimate of drug-likeness (QED) is 0.713. The van der Waals surface area contributed by atoms with E-state index in [4.69, 9.17) is 4.74 Å². The van der Waals surface area contributed by atoms with Crippen molar-refractivity contribution in [2.75, 3.05) is 6.61 Å². The smallest absolute Gasteiger partial charge is 0.302 e. The Labute approximate surface area is 94.4 Å². The first-order valence-electron chi connectivity index (χ1n) is 5.41. The third kappa shape index (κ3) is 2.30. The average molecular weight is 218 g/mol. The van der Waals surface area contributed by atoms with Crippen molar-refractivity contribution < 1.29 is 14.3 Å². The van der Waals surface area contributed by atoms with E-state index in [9.17, 15) is 9.59 Å². The van der Waals surface area contributed by atoms with Gasteiger partial charge in [-0.25, -0.2) is 0 Å². The molecule has 1 aliphatic rings. The van der Waals surface area contributed by atoms with Gasteiger partial charge in [-0.2, -0.15) is 0 Å². The lowest BCUT2D eigenvalue weighted by Crippen LogP contribution is -2.24.